The van der Waals surface area contributed by atoms with Crippen LogP contribution in [0, 0.1) is 0 Å². The number of rotatable bonds is 10. The van der Waals surface area contributed by atoms with E-state index in [2.05, 4.69) is 14.3 Å². The Balaban J connectivity index is 1.23. The van der Waals surface area contributed by atoms with Crippen molar-refractivity contribution < 1.29 is 47.3 Å². The second-order valence-electron chi connectivity index (χ2n) is 10.3. The average Bonchev–Trinajstić information content (AvgIpc) is 3.73. The maximum absolute atomic E-state index is 13.0. The predicted octanol–water partition coefficient (Wildman–Crippen LogP) is 1.51. The van der Waals surface area contributed by atoms with Crippen LogP contribution in [0.2, 0.25) is 0 Å². The van der Waals surface area contributed by atoms with Crippen LogP contribution in [0.15, 0.2) is 90.2 Å². The molecule has 0 bridgehead atoms. The molecule has 6 atom stereocenters. The Morgan fingerprint density at radius 2 is 1.64 bits per heavy atom. The molecule has 4 heterocycles. The van der Waals surface area contributed by atoms with Gasteiger partial charge < -0.3 is 30.5 Å². The first-order chi connectivity index (χ1) is 21.4. The molecule has 0 spiro atoms. The minimum absolute atomic E-state index is 0.0408. The second-order valence-corrected chi connectivity index (χ2v) is 13.6. The maximum atomic E-state index is 13.0. The molecule has 1 aliphatic rings. The number of aromatic nitrogens is 5. The number of nitrogens with two attached hydrogens (primary N) is 1. The van der Waals surface area contributed by atoms with Crippen molar-refractivity contribution in [1.29, 1.82) is 0 Å². The number of imidazole rings is 1. The Morgan fingerprint density at radius 1 is 0.978 bits per heavy atom. The molecule has 18 heteroatoms. The highest BCUT2D eigenvalue weighted by molar-refractivity contribution is 7.63. The lowest BCUT2D eigenvalue weighted by Gasteiger charge is -2.19. The van der Waals surface area contributed by atoms with Crippen molar-refractivity contribution in [1.82, 2.24) is 18.9 Å². The molecule has 0 amide bonds. The number of fused-ring (bicyclic) bond motifs is 1. The number of anilines is 1. The average molecular weight is 660 g/mol. The monoisotopic (exact) mass is 659 g/mol. The van der Waals surface area contributed by atoms with Gasteiger partial charge in [0.2, 0.25) is 11.7 Å². The quantitative estimate of drug-likeness (QED) is 0.0926. The Kier molecular flexibility index (Phi) is 8.35. The summed E-state index contributed by atoms with van der Waals surface area (Å²) < 4.78 is 43.5. The van der Waals surface area contributed by atoms with E-state index in [1.54, 1.807) is 4.57 Å². The number of benzene rings is 2. The first-order valence-electron chi connectivity index (χ1n) is 13.5. The summed E-state index contributed by atoms with van der Waals surface area (Å²) >= 11 is 0. The van der Waals surface area contributed by atoms with Gasteiger partial charge in [-0.15, -0.1) is 0 Å². The fourth-order valence-corrected chi connectivity index (χ4v) is 7.50. The Labute approximate surface area is 254 Å². The van der Waals surface area contributed by atoms with E-state index in [9.17, 15) is 33.9 Å². The van der Waals surface area contributed by atoms with Gasteiger partial charge in [-0.1, -0.05) is 59.6 Å². The number of nitrogen functional groups attached to an aromatic ring is 1. The predicted molar refractivity (Wildman–Crippen MR) is 158 cm³/mol. The van der Waals surface area contributed by atoms with Crippen molar-refractivity contribution in [2.75, 3.05) is 12.3 Å². The first kappa shape index (κ1) is 31.0. The van der Waals surface area contributed by atoms with E-state index in [0.29, 0.717) is 4.34 Å². The van der Waals surface area contributed by atoms with Crippen molar-refractivity contribution in [2.24, 2.45) is 0 Å². The third-order valence-corrected chi connectivity index (χ3v) is 10.2. The van der Waals surface area contributed by atoms with Gasteiger partial charge in [0.15, 0.2) is 6.33 Å². The van der Waals surface area contributed by atoms with Gasteiger partial charge >= 0.3 is 21.2 Å². The molecule has 0 saturated carbocycles. The van der Waals surface area contributed by atoms with Gasteiger partial charge in [0, 0.05) is 12.4 Å². The second kappa shape index (κ2) is 12.1. The van der Waals surface area contributed by atoms with E-state index in [1.807, 2.05) is 54.6 Å². The first-order valence-corrected chi connectivity index (χ1v) is 16.6. The summed E-state index contributed by atoms with van der Waals surface area (Å²) in [5, 5.41) is 21.6. The van der Waals surface area contributed by atoms with Crippen molar-refractivity contribution in [3.63, 3.8) is 0 Å². The van der Waals surface area contributed by atoms with E-state index in [-0.39, 0.29) is 23.7 Å². The van der Waals surface area contributed by atoms with Crippen LogP contribution in [0.5, 0.6) is 0 Å². The number of phosphoric acid groups is 1. The topological polar surface area (TPSA) is 228 Å². The Bertz CT molecular complexity index is 1970. The highest BCUT2D eigenvalue weighted by Gasteiger charge is 2.48. The molecule has 0 aliphatic carbocycles. The molecule has 6 rings (SSSR count). The summed E-state index contributed by atoms with van der Waals surface area (Å²) in [6.07, 6.45) is -2.20. The molecule has 5 aromatic rings. The van der Waals surface area contributed by atoms with Crippen molar-refractivity contribution >= 4 is 32.7 Å². The lowest BCUT2D eigenvalue weighted by Crippen LogP contribution is -2.46. The van der Waals surface area contributed by atoms with Gasteiger partial charge in [0.1, 0.15) is 18.3 Å². The minimum atomic E-state index is -5.15. The summed E-state index contributed by atoms with van der Waals surface area (Å²) in [5.41, 5.74) is 8.31. The molecular weight excluding hydrogens is 630 g/mol. The van der Waals surface area contributed by atoms with Crippen LogP contribution >= 0.6 is 15.6 Å². The Morgan fingerprint density at radius 3 is 2.33 bits per heavy atom. The van der Waals surface area contributed by atoms with Crippen LogP contribution in [-0.4, -0.2) is 63.8 Å². The normalized spacial score (nSPS) is 22.8. The molecule has 0 radical (unpaired) electrons. The van der Waals surface area contributed by atoms with Gasteiger partial charge in [-0.3, -0.25) is 23.2 Å². The number of hydrogen-bond acceptors (Lipinski definition) is 10. The number of phosphoric ester groups is 1. The molecule has 7 N–H and O–H groups in total. The van der Waals surface area contributed by atoms with E-state index < -0.39 is 52.3 Å². The molecule has 1 aliphatic heterocycles. The fourth-order valence-electron chi connectivity index (χ4n) is 5.07. The highest BCUT2D eigenvalue weighted by atomic mass is 31.3. The molecule has 16 nitrogen and oxygen atoms in total. The van der Waals surface area contributed by atoms with Crippen molar-refractivity contribution in [3.8, 4) is 11.1 Å². The van der Waals surface area contributed by atoms with Crippen LogP contribution < -0.4 is 15.9 Å². The largest absolute Gasteiger partial charge is 0.480 e. The number of aromatic amines is 1. The van der Waals surface area contributed by atoms with Crippen LogP contribution in [0.25, 0.3) is 22.3 Å². The van der Waals surface area contributed by atoms with E-state index in [4.69, 9.17) is 15.0 Å². The van der Waals surface area contributed by atoms with E-state index in [0.717, 1.165) is 29.1 Å². The number of aliphatic hydroxyl groups excluding tert-OH is 2. The number of ether oxygens (including phenoxy) is 1. The maximum Gasteiger partial charge on any atom is 0.480 e. The van der Waals surface area contributed by atoms with Crippen molar-refractivity contribution in [2.45, 2.75) is 31.1 Å². The third-order valence-electron chi connectivity index (χ3n) is 7.21. The molecule has 236 valence electrons. The number of hydrogen-bond donors (Lipinski definition) is 6. The number of aliphatic hydroxyl groups is 2. The molecule has 4 unspecified atom stereocenters. The van der Waals surface area contributed by atoms with Gasteiger partial charge in [0.05, 0.1) is 13.2 Å². The van der Waals surface area contributed by atoms with Crippen molar-refractivity contribution in [3.05, 3.63) is 101 Å². The smallest absolute Gasteiger partial charge is 0.387 e. The van der Waals surface area contributed by atoms with Gasteiger partial charge in [-0.25, -0.2) is 13.7 Å². The van der Waals surface area contributed by atoms with Gasteiger partial charge in [0.25, 0.3) is 11.5 Å². The molecule has 2 aromatic carbocycles. The molecule has 1 fully saturated rings. The number of H-pyrrole nitrogens is 1. The van der Waals surface area contributed by atoms with E-state index >= 15 is 0 Å². The fraction of sp³-hybridized carbons (Fsp3) is 0.222. The van der Waals surface area contributed by atoms with Crippen LogP contribution in [0.4, 0.5) is 5.95 Å². The highest BCUT2D eigenvalue weighted by Crippen LogP contribution is 2.60. The van der Waals surface area contributed by atoms with Crippen LogP contribution in [0.1, 0.15) is 11.8 Å². The minimum Gasteiger partial charge on any atom is -0.387 e. The standard InChI is InChI=1S/C27H28N6O10P2/c28-27-29-24-21(25(36)30-27)31(14-17-8-10-19(11-9-17)18-6-2-1-3-7-18)16-33(24)26-23(35)22(34)20(42-26)15-41-45(39,40)43-44(37,38)32-12-4-5-13-32/h1-13,16,20,22-23,26,34-35H,14-15H2,(H4-,28,29,30,36,37,38,39,40)/p+1/t20?,22-,23-,26?/m0/s1. The lowest BCUT2D eigenvalue weighted by molar-refractivity contribution is -0.745. The van der Waals surface area contributed by atoms with Crippen LogP contribution in [-0.2, 0) is 29.2 Å². The summed E-state index contributed by atoms with van der Waals surface area (Å²) in [6.45, 7) is -0.587. The molecule has 45 heavy (non-hydrogen) atoms. The number of nitrogens with zero attached hydrogens (tertiary/aromatic N) is 4. The Hall–Kier alpha value is -3.95. The molecule has 1 saturated heterocycles. The molecule has 3 aromatic heterocycles. The third kappa shape index (κ3) is 6.42. The van der Waals surface area contributed by atoms with Crippen LogP contribution in [0.3, 0.4) is 0 Å². The van der Waals surface area contributed by atoms with Gasteiger partial charge in [-0.2, -0.15) is 4.31 Å². The summed E-state index contributed by atoms with van der Waals surface area (Å²) in [6, 6.07) is 20.4. The number of nitrogens with one attached hydrogen (secondary N) is 1. The zero-order valence-electron chi connectivity index (χ0n) is 23.3. The summed E-state index contributed by atoms with van der Waals surface area (Å²) in [7, 11) is -9.93. The SMILES string of the molecule is Nc1nc2c(c(=O)[nH]1)n(Cc1ccc(-c3ccccc3)cc1)c[n+]2C1OC(COP(=O)(O)OP(=O)(O)n2cccc2)[C@H](O)[C@@H]1O. The molecular formula is C27H29N6O10P2+. The summed E-state index contributed by atoms with van der Waals surface area (Å²) in [5.74, 6) is -0.200. The summed E-state index contributed by atoms with van der Waals surface area (Å²) in [4.78, 5) is 39.8. The zero-order valence-corrected chi connectivity index (χ0v) is 25.1. The van der Waals surface area contributed by atoms with E-state index in [1.165, 1.54) is 23.0 Å². The van der Waals surface area contributed by atoms with Gasteiger partial charge in [-0.05, 0) is 28.8 Å². The zero-order chi connectivity index (χ0) is 31.9. The lowest BCUT2D eigenvalue weighted by atomic mass is 10.0.